The summed E-state index contributed by atoms with van der Waals surface area (Å²) in [6.45, 7) is 7.57. The lowest BCUT2D eigenvalue weighted by Gasteiger charge is -2.12. The SMILES string of the molecule is [C-]#[N+]c1cccc(-c2nc(-n3c4cccnc4c4c5ccccc5c5c6ccccc6sc5c43)nc3ccccc23)c1.c1ccc(-c2nc(-c3ccccc3)nc(-c3cccc(-n4c5cccnc5c5c6ccccc6c6c7ccccc7sc6c54)c3)n2)cc1.c1ccc(-c2nc(-c3ccccc3)nc(-n3c4cccnc4c4c5ccccc5c5c6ccccc6sc5c43)n2)cc1. The topological polar surface area (TPSA) is 161 Å². The fraction of sp³-hybridized carbons (Fsp3) is 0. The number of benzene rings is 16. The van der Waals surface area contributed by atoms with Gasteiger partial charge in [-0.1, -0.05) is 297 Å². The van der Waals surface area contributed by atoms with Crippen molar-refractivity contribution in [1.29, 1.82) is 0 Å². The van der Waals surface area contributed by atoms with Crippen molar-refractivity contribution < 1.29 is 0 Å². The Hall–Kier alpha value is -17.3. The molecule has 0 bridgehead atoms. The maximum Gasteiger partial charge on any atom is 0.238 e. The van der Waals surface area contributed by atoms with E-state index in [1.807, 2.05) is 229 Å². The molecule has 0 spiro atoms. The fourth-order valence-corrected chi connectivity index (χ4v) is 23.1. The summed E-state index contributed by atoms with van der Waals surface area (Å²) in [7, 11) is 0. The van der Waals surface area contributed by atoms with Crippen LogP contribution in [-0.2, 0) is 0 Å². The van der Waals surface area contributed by atoms with Gasteiger partial charge in [-0.05, 0) is 117 Å². The molecule has 0 aliphatic rings. The van der Waals surface area contributed by atoms with Crippen LogP contribution in [0.25, 0.3) is 260 Å². The first kappa shape index (κ1) is 75.9. The second-order valence-electron chi connectivity index (χ2n) is 32.5. The van der Waals surface area contributed by atoms with Crippen LogP contribution in [0.4, 0.5) is 5.69 Å². The van der Waals surface area contributed by atoms with Gasteiger partial charge in [0, 0.05) is 120 Å². The first-order valence-corrected chi connectivity index (χ1v) is 45.8. The Labute approximate surface area is 764 Å². The molecule has 0 saturated heterocycles. The van der Waals surface area contributed by atoms with Crippen LogP contribution in [-0.4, -0.2) is 68.5 Å². The molecule has 0 amide bonds. The van der Waals surface area contributed by atoms with Gasteiger partial charge < -0.3 is 4.57 Å². The molecule has 0 aliphatic heterocycles. The lowest BCUT2D eigenvalue weighted by atomic mass is 10.00. The van der Waals surface area contributed by atoms with Gasteiger partial charge in [0.05, 0.1) is 81.5 Å². The molecule has 614 valence electrons. The van der Waals surface area contributed by atoms with Crippen molar-refractivity contribution in [1.82, 2.24) is 68.5 Å². The third kappa shape index (κ3) is 12.2. The van der Waals surface area contributed by atoms with Gasteiger partial charge in [-0.3, -0.25) is 24.1 Å². The number of fused-ring (bicyclic) bond motifs is 31. The van der Waals surface area contributed by atoms with Crippen LogP contribution in [0, 0.1) is 6.57 Å². The summed E-state index contributed by atoms with van der Waals surface area (Å²) in [5, 5.41) is 19.1. The Morgan fingerprint density at radius 3 is 0.970 bits per heavy atom. The maximum absolute atomic E-state index is 7.57. The molecule has 0 saturated carbocycles. The Bertz CT molecular complexity index is 9540. The smallest absolute Gasteiger partial charge is 0.238 e. The van der Waals surface area contributed by atoms with E-state index in [4.69, 9.17) is 61.4 Å². The predicted octanol–water partition coefficient (Wildman–Crippen LogP) is 30.0. The zero-order chi connectivity index (χ0) is 87.0. The van der Waals surface area contributed by atoms with E-state index in [2.05, 4.69) is 207 Å². The van der Waals surface area contributed by atoms with E-state index in [0.717, 1.165) is 116 Å². The van der Waals surface area contributed by atoms with E-state index in [1.54, 1.807) is 11.3 Å². The number of para-hydroxylation sites is 1. The van der Waals surface area contributed by atoms with Crippen molar-refractivity contribution in [3.63, 3.8) is 0 Å². The third-order valence-corrected chi connectivity index (χ3v) is 28.5. The second kappa shape index (κ2) is 31.0. The fourth-order valence-electron chi connectivity index (χ4n) is 19.4. The van der Waals surface area contributed by atoms with E-state index < -0.39 is 0 Å². The molecule has 0 aliphatic carbocycles. The summed E-state index contributed by atoms with van der Waals surface area (Å²) in [4.78, 5) is 59.1. The number of nitrogens with zero attached hydrogens (tertiary/aromatic N) is 15. The average Bonchev–Trinajstić information content (AvgIpc) is 1.54. The molecule has 0 N–H and O–H groups in total. The summed E-state index contributed by atoms with van der Waals surface area (Å²) in [6.07, 6.45) is 5.63. The Morgan fingerprint density at radius 1 is 0.235 bits per heavy atom. The number of rotatable bonds is 9. The highest BCUT2D eigenvalue weighted by molar-refractivity contribution is 7.28. The van der Waals surface area contributed by atoms with Crippen LogP contribution in [0.3, 0.4) is 0 Å². The van der Waals surface area contributed by atoms with Gasteiger partial charge >= 0.3 is 0 Å². The van der Waals surface area contributed by atoms with Gasteiger partial charge in [0.2, 0.25) is 11.9 Å². The van der Waals surface area contributed by atoms with Crippen molar-refractivity contribution in [3.05, 3.63) is 406 Å². The first-order valence-electron chi connectivity index (χ1n) is 43.4. The number of aromatic nitrogens is 14. The minimum Gasteiger partial charge on any atom is -0.306 e. The Morgan fingerprint density at radius 2 is 0.553 bits per heavy atom. The second-order valence-corrected chi connectivity index (χ2v) is 35.6. The molecular formula is C114H65N15S3. The van der Waals surface area contributed by atoms with E-state index in [1.165, 1.54) is 98.4 Å². The number of hydrogen-bond donors (Lipinski definition) is 0. The molecule has 12 heterocycles. The summed E-state index contributed by atoms with van der Waals surface area (Å²) >= 11 is 5.46. The standard InChI is InChI=1S/C42H25N5S.C36H19N5S.C36H21N5S/c1-3-13-26(14-4-1)40-44-41(27-15-5-2-6-16-27)46-42(45-40)28-17-11-18-29(25-28)47-33-22-12-24-43-37(33)36-31-20-8-7-19-30(31)35-32-21-9-10-23-34(32)48-39(35)38(36)47;1-37-22-11-8-10-21(20-22)32-25-14-4-6-16-27(25)39-36(40-32)41-28-17-9-19-38-33(28)31-24-13-3-2-12-23(24)30-26-15-5-7-18-29(26)42-35(30)34(31)41;1-3-12-22(13-4-1)34-38-35(23-14-5-2-6-15-23)40-36(39-34)41-27-19-11-21-37-31(27)30-25-17-8-7-16-24(25)29-26-18-9-10-20-28(26)42-33(29)32(30)41/h1-25H;2-20H;1-21H. The minimum absolute atomic E-state index is 0.574. The van der Waals surface area contributed by atoms with Crippen LogP contribution in [0.15, 0.2) is 395 Å². The van der Waals surface area contributed by atoms with E-state index in [0.29, 0.717) is 46.7 Å². The van der Waals surface area contributed by atoms with E-state index >= 15 is 0 Å². The molecule has 132 heavy (non-hydrogen) atoms. The van der Waals surface area contributed by atoms with Gasteiger partial charge in [0.25, 0.3) is 0 Å². The van der Waals surface area contributed by atoms with Crippen molar-refractivity contribution in [2.75, 3.05) is 0 Å². The van der Waals surface area contributed by atoms with Crippen LogP contribution >= 0.6 is 34.0 Å². The monoisotopic (exact) mass is 1740 g/mol. The summed E-state index contributed by atoms with van der Waals surface area (Å²) in [5.74, 6) is 4.33. The average molecular weight is 1740 g/mol. The molecule has 12 aromatic heterocycles. The first-order chi connectivity index (χ1) is 65.5. The van der Waals surface area contributed by atoms with Gasteiger partial charge in [-0.25, -0.2) is 34.7 Å². The highest BCUT2D eigenvalue weighted by atomic mass is 32.1. The highest BCUT2D eigenvalue weighted by Crippen LogP contribution is 2.52. The molecule has 0 atom stereocenters. The molecule has 0 radical (unpaired) electrons. The van der Waals surface area contributed by atoms with Crippen LogP contribution in [0.2, 0.25) is 0 Å². The summed E-state index contributed by atoms with van der Waals surface area (Å²) in [6, 6.07) is 129. The lowest BCUT2D eigenvalue weighted by molar-refractivity contribution is 0.955. The van der Waals surface area contributed by atoms with E-state index in [9.17, 15) is 0 Å². The molecule has 28 rings (SSSR count). The third-order valence-electron chi connectivity index (χ3n) is 25.0. The van der Waals surface area contributed by atoms with Gasteiger partial charge in [0.1, 0.15) is 0 Å². The van der Waals surface area contributed by atoms with Gasteiger partial charge in [-0.15, -0.1) is 34.0 Å². The number of pyridine rings is 3. The number of hydrogen-bond acceptors (Lipinski definition) is 14. The van der Waals surface area contributed by atoms with Crippen LogP contribution < -0.4 is 0 Å². The molecule has 0 unspecified atom stereocenters. The van der Waals surface area contributed by atoms with Crippen molar-refractivity contribution in [2.45, 2.75) is 0 Å². The maximum atomic E-state index is 7.57. The van der Waals surface area contributed by atoms with Crippen LogP contribution in [0.5, 0.6) is 0 Å². The number of thiophene rings is 3. The molecular weight excluding hydrogens is 1680 g/mol. The minimum atomic E-state index is 0.574. The van der Waals surface area contributed by atoms with Crippen molar-refractivity contribution >= 4 is 209 Å². The molecule has 28 aromatic rings. The van der Waals surface area contributed by atoms with Crippen molar-refractivity contribution in [3.8, 4) is 85.8 Å². The van der Waals surface area contributed by atoms with Crippen LogP contribution in [0.1, 0.15) is 0 Å². The Balaban J connectivity index is 0.000000104. The van der Waals surface area contributed by atoms with Gasteiger partial charge in [0.15, 0.2) is 34.8 Å². The highest BCUT2D eigenvalue weighted by Gasteiger charge is 2.30. The Kier molecular flexibility index (Phi) is 17.8. The summed E-state index contributed by atoms with van der Waals surface area (Å²) < 4.78 is 14.2. The zero-order valence-corrected chi connectivity index (χ0v) is 72.4. The molecule has 15 nitrogen and oxygen atoms in total. The van der Waals surface area contributed by atoms with Gasteiger partial charge in [-0.2, -0.15) is 9.97 Å². The van der Waals surface area contributed by atoms with E-state index in [-0.39, 0.29) is 0 Å². The summed E-state index contributed by atoms with van der Waals surface area (Å²) in [5.41, 5.74) is 18.0. The largest absolute Gasteiger partial charge is 0.306 e. The molecule has 16 aromatic carbocycles. The quantitative estimate of drug-likeness (QED) is 0.127. The zero-order valence-electron chi connectivity index (χ0n) is 70.0. The lowest BCUT2D eigenvalue weighted by Crippen LogP contribution is -2.06. The molecule has 18 heteroatoms. The predicted molar refractivity (Wildman–Crippen MR) is 546 cm³/mol. The normalized spacial score (nSPS) is 11.8. The van der Waals surface area contributed by atoms with Crippen molar-refractivity contribution in [2.24, 2.45) is 0 Å². The molecule has 0 fully saturated rings.